The summed E-state index contributed by atoms with van der Waals surface area (Å²) < 4.78 is 0. The highest BCUT2D eigenvalue weighted by Crippen LogP contribution is 2.21. The van der Waals surface area contributed by atoms with Crippen molar-refractivity contribution in [3.63, 3.8) is 0 Å². The Morgan fingerprint density at radius 1 is 1.04 bits per heavy atom. The molecule has 0 aliphatic carbocycles. The van der Waals surface area contributed by atoms with Gasteiger partial charge in [0.2, 0.25) is 11.8 Å². The van der Waals surface area contributed by atoms with Crippen molar-refractivity contribution in [2.75, 3.05) is 18.4 Å². The molecule has 0 radical (unpaired) electrons. The first-order chi connectivity index (χ1) is 12.6. The summed E-state index contributed by atoms with van der Waals surface area (Å²) in [5.41, 5.74) is 3.16. The van der Waals surface area contributed by atoms with E-state index in [4.69, 9.17) is 0 Å². The Balaban J connectivity index is 1.44. The summed E-state index contributed by atoms with van der Waals surface area (Å²) in [5, 5.41) is 3.00. The van der Waals surface area contributed by atoms with Crippen molar-refractivity contribution in [2.45, 2.75) is 32.6 Å². The van der Waals surface area contributed by atoms with Crippen LogP contribution >= 0.6 is 0 Å². The van der Waals surface area contributed by atoms with Gasteiger partial charge in [-0.15, -0.1) is 0 Å². The highest BCUT2D eigenvalue weighted by atomic mass is 16.2. The van der Waals surface area contributed by atoms with E-state index in [1.54, 1.807) is 0 Å². The highest BCUT2D eigenvalue weighted by Gasteiger charge is 2.27. The number of amides is 2. The Morgan fingerprint density at radius 2 is 1.77 bits per heavy atom. The molecule has 26 heavy (non-hydrogen) atoms. The van der Waals surface area contributed by atoms with Crippen molar-refractivity contribution >= 4 is 17.5 Å². The number of carbonyl (C=O) groups is 2. The lowest BCUT2D eigenvalue weighted by atomic mass is 9.95. The topological polar surface area (TPSA) is 49.4 Å². The maximum atomic E-state index is 12.5. The van der Waals surface area contributed by atoms with Crippen molar-refractivity contribution in [1.29, 1.82) is 0 Å². The summed E-state index contributed by atoms with van der Waals surface area (Å²) in [6.45, 7) is 3.34. The van der Waals surface area contributed by atoms with Gasteiger partial charge in [-0.2, -0.15) is 0 Å². The third kappa shape index (κ3) is 4.94. The first-order valence-corrected chi connectivity index (χ1v) is 9.31. The lowest BCUT2D eigenvalue weighted by Crippen LogP contribution is -2.41. The van der Waals surface area contributed by atoms with Gasteiger partial charge in [0.1, 0.15) is 0 Å². The van der Waals surface area contributed by atoms with Gasteiger partial charge in [0.15, 0.2) is 0 Å². The summed E-state index contributed by atoms with van der Waals surface area (Å²) >= 11 is 0. The molecule has 0 unspecified atom stereocenters. The molecule has 136 valence electrons. The van der Waals surface area contributed by atoms with Gasteiger partial charge in [0, 0.05) is 31.1 Å². The molecule has 4 nitrogen and oxygen atoms in total. The van der Waals surface area contributed by atoms with Crippen LogP contribution in [-0.2, 0) is 16.0 Å². The second-order valence-corrected chi connectivity index (χ2v) is 7.00. The van der Waals surface area contributed by atoms with Crippen LogP contribution in [0.15, 0.2) is 54.6 Å². The first-order valence-electron chi connectivity index (χ1n) is 9.31. The van der Waals surface area contributed by atoms with Crippen LogP contribution in [0.4, 0.5) is 5.69 Å². The number of aryl methyl sites for hydroxylation is 2. The second-order valence-electron chi connectivity index (χ2n) is 7.00. The zero-order valence-electron chi connectivity index (χ0n) is 15.3. The number of carbonyl (C=O) groups excluding carboxylic acids is 2. The molecule has 1 aliphatic rings. The van der Waals surface area contributed by atoms with Gasteiger partial charge in [-0.05, 0) is 49.4 Å². The molecule has 2 aromatic rings. The Bertz CT molecular complexity index is 750. The van der Waals surface area contributed by atoms with E-state index < -0.39 is 0 Å². The van der Waals surface area contributed by atoms with Gasteiger partial charge in [-0.1, -0.05) is 42.5 Å². The van der Waals surface area contributed by atoms with Crippen LogP contribution in [0.3, 0.4) is 0 Å². The number of hydrogen-bond acceptors (Lipinski definition) is 2. The van der Waals surface area contributed by atoms with Crippen LogP contribution in [-0.4, -0.2) is 29.8 Å². The van der Waals surface area contributed by atoms with Crippen LogP contribution in [0.5, 0.6) is 0 Å². The minimum Gasteiger partial charge on any atom is -0.343 e. The molecule has 0 aromatic heterocycles. The molecular formula is C22H26N2O2. The number of anilines is 1. The van der Waals surface area contributed by atoms with Crippen molar-refractivity contribution in [3.8, 4) is 0 Å². The van der Waals surface area contributed by atoms with Crippen LogP contribution in [0.25, 0.3) is 0 Å². The summed E-state index contributed by atoms with van der Waals surface area (Å²) in [7, 11) is 0. The molecule has 1 heterocycles. The fourth-order valence-electron chi connectivity index (χ4n) is 3.41. The molecular weight excluding hydrogens is 324 g/mol. The van der Waals surface area contributed by atoms with E-state index in [0.29, 0.717) is 19.5 Å². The number of benzene rings is 2. The van der Waals surface area contributed by atoms with Gasteiger partial charge in [-0.3, -0.25) is 9.59 Å². The third-order valence-corrected chi connectivity index (χ3v) is 4.97. The predicted molar refractivity (Wildman–Crippen MR) is 104 cm³/mol. The molecule has 0 saturated carbocycles. The quantitative estimate of drug-likeness (QED) is 0.891. The molecule has 1 aliphatic heterocycles. The van der Waals surface area contributed by atoms with E-state index in [9.17, 15) is 9.59 Å². The SMILES string of the molecule is Cc1cccc(NC(=O)C2CCN(C(=O)CCc3ccccc3)CC2)c1. The smallest absolute Gasteiger partial charge is 0.227 e. The molecule has 2 amide bonds. The number of nitrogens with zero attached hydrogens (tertiary/aromatic N) is 1. The van der Waals surface area contributed by atoms with Crippen LogP contribution in [0.2, 0.25) is 0 Å². The Morgan fingerprint density at radius 3 is 2.46 bits per heavy atom. The van der Waals surface area contributed by atoms with E-state index in [0.717, 1.165) is 30.5 Å². The number of nitrogens with one attached hydrogen (secondary N) is 1. The van der Waals surface area contributed by atoms with Crippen LogP contribution in [0, 0.1) is 12.8 Å². The van der Waals surface area contributed by atoms with E-state index in [-0.39, 0.29) is 17.7 Å². The Hall–Kier alpha value is -2.62. The monoisotopic (exact) mass is 350 g/mol. The molecule has 4 heteroatoms. The van der Waals surface area contributed by atoms with Gasteiger partial charge in [0.05, 0.1) is 0 Å². The molecule has 0 spiro atoms. The van der Waals surface area contributed by atoms with Gasteiger partial charge < -0.3 is 10.2 Å². The highest BCUT2D eigenvalue weighted by molar-refractivity contribution is 5.92. The summed E-state index contributed by atoms with van der Waals surface area (Å²) in [6, 6.07) is 17.9. The van der Waals surface area contributed by atoms with Crippen molar-refractivity contribution < 1.29 is 9.59 Å². The van der Waals surface area contributed by atoms with Gasteiger partial charge in [0.25, 0.3) is 0 Å². The van der Waals surface area contributed by atoms with Crippen LogP contribution in [0.1, 0.15) is 30.4 Å². The molecule has 2 aromatic carbocycles. The largest absolute Gasteiger partial charge is 0.343 e. The number of piperidine rings is 1. The van der Waals surface area contributed by atoms with Crippen molar-refractivity contribution in [2.24, 2.45) is 5.92 Å². The van der Waals surface area contributed by atoms with Gasteiger partial charge in [-0.25, -0.2) is 0 Å². The second kappa shape index (κ2) is 8.65. The fourth-order valence-corrected chi connectivity index (χ4v) is 3.41. The predicted octanol–water partition coefficient (Wildman–Crippen LogP) is 3.80. The average molecular weight is 350 g/mol. The lowest BCUT2D eigenvalue weighted by molar-refractivity contribution is -0.134. The Kier molecular flexibility index (Phi) is 6.05. The maximum absolute atomic E-state index is 12.5. The summed E-state index contributed by atoms with van der Waals surface area (Å²) in [6.07, 6.45) is 2.76. The third-order valence-electron chi connectivity index (χ3n) is 4.97. The van der Waals surface area contributed by atoms with Crippen molar-refractivity contribution in [3.05, 3.63) is 65.7 Å². The normalized spacial score (nSPS) is 14.9. The van der Waals surface area contributed by atoms with E-state index in [1.807, 2.05) is 54.3 Å². The molecule has 3 rings (SSSR count). The minimum absolute atomic E-state index is 0.0197. The molecule has 1 fully saturated rings. The molecule has 1 N–H and O–H groups in total. The standard InChI is InChI=1S/C22H26N2O2/c1-17-6-5-9-20(16-17)23-22(26)19-12-14-24(15-13-19)21(25)11-10-18-7-3-2-4-8-18/h2-9,16,19H,10-15H2,1H3,(H,23,26). The zero-order chi connectivity index (χ0) is 18.4. The molecule has 0 atom stereocenters. The van der Waals surface area contributed by atoms with E-state index in [1.165, 1.54) is 5.56 Å². The minimum atomic E-state index is -0.0197. The van der Waals surface area contributed by atoms with Crippen LogP contribution < -0.4 is 5.32 Å². The molecule has 0 bridgehead atoms. The number of hydrogen-bond donors (Lipinski definition) is 1. The molecule has 1 saturated heterocycles. The van der Waals surface area contributed by atoms with E-state index >= 15 is 0 Å². The Labute approximate surface area is 155 Å². The first kappa shape index (κ1) is 18.2. The van der Waals surface area contributed by atoms with Crippen molar-refractivity contribution in [1.82, 2.24) is 4.90 Å². The fraction of sp³-hybridized carbons (Fsp3) is 0.364. The van der Waals surface area contributed by atoms with E-state index in [2.05, 4.69) is 17.4 Å². The van der Waals surface area contributed by atoms with Gasteiger partial charge >= 0.3 is 0 Å². The summed E-state index contributed by atoms with van der Waals surface area (Å²) in [4.78, 5) is 26.8. The number of rotatable bonds is 5. The maximum Gasteiger partial charge on any atom is 0.227 e. The zero-order valence-corrected chi connectivity index (χ0v) is 15.3. The average Bonchev–Trinajstić information content (AvgIpc) is 2.67. The lowest BCUT2D eigenvalue weighted by Gasteiger charge is -2.31. The number of likely N-dealkylation sites (tertiary alicyclic amines) is 1. The summed E-state index contributed by atoms with van der Waals surface area (Å²) in [5.74, 6) is 0.229.